The normalized spacial score (nSPS) is 10.5. The van der Waals surface area contributed by atoms with Crippen LogP contribution in [-0.2, 0) is 0 Å². The summed E-state index contributed by atoms with van der Waals surface area (Å²) in [5.74, 6) is 0. The zero-order valence-corrected chi connectivity index (χ0v) is 6.93. The first-order chi connectivity index (χ1) is 3.12. The summed E-state index contributed by atoms with van der Waals surface area (Å²) >= 11 is 0. The fourth-order valence-electron chi connectivity index (χ4n) is 0.177. The molecule has 1 N–H and O–H groups in total. The van der Waals surface area contributed by atoms with Crippen LogP contribution in [0, 0.1) is 0 Å². The van der Waals surface area contributed by atoms with Gasteiger partial charge in [-0.1, -0.05) is 6.92 Å². The first-order valence-corrected chi connectivity index (χ1v) is 2.81. The van der Waals surface area contributed by atoms with Crippen LogP contribution in [0.4, 0.5) is 0 Å². The van der Waals surface area contributed by atoms with Crippen LogP contribution in [0.1, 0.15) is 27.2 Å². The van der Waals surface area contributed by atoms with Crippen molar-refractivity contribution in [3.63, 3.8) is 0 Å². The maximum atomic E-state index is 3.19. The summed E-state index contributed by atoms with van der Waals surface area (Å²) in [7, 11) is 1.99. The third-order valence-electron chi connectivity index (χ3n) is 1.56. The largest absolute Gasteiger partial charge is 0.315 e. The van der Waals surface area contributed by atoms with Gasteiger partial charge in [-0.15, -0.1) is 12.4 Å². The average molecular weight is 138 g/mol. The van der Waals surface area contributed by atoms with Gasteiger partial charge in [-0.05, 0) is 27.3 Å². The van der Waals surface area contributed by atoms with E-state index in [4.69, 9.17) is 0 Å². The molecule has 0 aromatic carbocycles. The molecule has 0 unspecified atom stereocenters. The lowest BCUT2D eigenvalue weighted by atomic mass is 10.0. The van der Waals surface area contributed by atoms with Gasteiger partial charge in [0.2, 0.25) is 0 Å². The number of rotatable bonds is 2. The first-order valence-electron chi connectivity index (χ1n) is 2.81. The zero-order chi connectivity index (χ0) is 5.91. The lowest BCUT2D eigenvalue weighted by Gasteiger charge is -2.20. The van der Waals surface area contributed by atoms with Crippen molar-refractivity contribution in [1.29, 1.82) is 0 Å². The third-order valence-corrected chi connectivity index (χ3v) is 1.56. The van der Waals surface area contributed by atoms with Gasteiger partial charge in [0.15, 0.2) is 0 Å². The molecule has 0 aliphatic carbocycles. The molecule has 0 amide bonds. The van der Waals surface area contributed by atoms with Crippen molar-refractivity contribution in [2.75, 3.05) is 7.05 Å². The predicted molar refractivity (Wildman–Crippen MR) is 40.7 cm³/mol. The molecule has 0 aromatic rings. The Hall–Kier alpha value is 0.250. The van der Waals surface area contributed by atoms with Crippen LogP contribution in [0.3, 0.4) is 0 Å². The minimum Gasteiger partial charge on any atom is -0.315 e. The third kappa shape index (κ3) is 4.41. The monoisotopic (exact) mass is 137 g/mol. The summed E-state index contributed by atoms with van der Waals surface area (Å²) in [4.78, 5) is 0. The van der Waals surface area contributed by atoms with Crippen LogP contribution in [-0.4, -0.2) is 12.6 Å². The molecule has 52 valence electrons. The molecule has 0 atom stereocenters. The van der Waals surface area contributed by atoms with Crippen molar-refractivity contribution < 1.29 is 0 Å². The molecule has 0 saturated heterocycles. The van der Waals surface area contributed by atoms with E-state index in [0.717, 1.165) is 0 Å². The Morgan fingerprint density at radius 2 is 1.75 bits per heavy atom. The highest BCUT2D eigenvalue weighted by atomic mass is 35.5. The number of nitrogens with one attached hydrogen (secondary N) is 1. The van der Waals surface area contributed by atoms with Gasteiger partial charge >= 0.3 is 0 Å². The molecule has 1 nitrogen and oxygen atoms in total. The summed E-state index contributed by atoms with van der Waals surface area (Å²) in [6, 6.07) is 0. The van der Waals surface area contributed by atoms with Crippen molar-refractivity contribution >= 4 is 12.4 Å². The van der Waals surface area contributed by atoms with Crippen LogP contribution in [0.5, 0.6) is 0 Å². The molecule has 0 aliphatic rings. The van der Waals surface area contributed by atoms with E-state index in [1.807, 2.05) is 7.05 Å². The van der Waals surface area contributed by atoms with Crippen molar-refractivity contribution in [1.82, 2.24) is 5.32 Å². The minimum absolute atomic E-state index is 0. The van der Waals surface area contributed by atoms with E-state index in [1.165, 1.54) is 6.42 Å². The van der Waals surface area contributed by atoms with Gasteiger partial charge in [0.25, 0.3) is 0 Å². The highest BCUT2D eigenvalue weighted by Gasteiger charge is 2.08. The summed E-state index contributed by atoms with van der Waals surface area (Å²) in [6.07, 6.45) is 1.18. The molecule has 0 heterocycles. The van der Waals surface area contributed by atoms with Gasteiger partial charge in [0.05, 0.1) is 0 Å². The van der Waals surface area contributed by atoms with Crippen LogP contribution < -0.4 is 5.32 Å². The molecule has 0 bridgehead atoms. The molecular weight excluding hydrogens is 122 g/mol. The van der Waals surface area contributed by atoms with Gasteiger partial charge in [0, 0.05) is 5.54 Å². The Kier molecular flexibility index (Phi) is 5.77. The fourth-order valence-corrected chi connectivity index (χ4v) is 0.177. The quantitative estimate of drug-likeness (QED) is 0.612. The second-order valence-electron chi connectivity index (χ2n) is 2.49. The molecular formula is C6H16ClN. The average Bonchev–Trinajstić information content (AvgIpc) is 1.68. The van der Waals surface area contributed by atoms with Crippen LogP contribution in [0.25, 0.3) is 0 Å². The van der Waals surface area contributed by atoms with E-state index >= 15 is 0 Å². The Labute approximate surface area is 58.3 Å². The van der Waals surface area contributed by atoms with E-state index in [0.29, 0.717) is 5.54 Å². The number of hydrogen-bond acceptors (Lipinski definition) is 1. The smallest absolute Gasteiger partial charge is 0.0119 e. The van der Waals surface area contributed by atoms with Gasteiger partial charge in [-0.2, -0.15) is 0 Å². The van der Waals surface area contributed by atoms with E-state index in [2.05, 4.69) is 26.1 Å². The molecule has 0 spiro atoms. The molecule has 2 heteroatoms. The minimum atomic E-state index is 0. The van der Waals surface area contributed by atoms with Gasteiger partial charge in [-0.25, -0.2) is 0 Å². The number of hydrogen-bond donors (Lipinski definition) is 1. The summed E-state index contributed by atoms with van der Waals surface area (Å²) < 4.78 is 0. The van der Waals surface area contributed by atoms with Crippen LogP contribution in [0.15, 0.2) is 0 Å². The van der Waals surface area contributed by atoms with Gasteiger partial charge < -0.3 is 5.32 Å². The van der Waals surface area contributed by atoms with Crippen molar-refractivity contribution in [2.45, 2.75) is 32.7 Å². The lowest BCUT2D eigenvalue weighted by molar-refractivity contribution is 0.411. The molecule has 0 aromatic heterocycles. The molecule has 0 radical (unpaired) electrons. The van der Waals surface area contributed by atoms with E-state index in [-0.39, 0.29) is 12.4 Å². The SMILES string of the molecule is CCC(C)(C)NC.Cl. The number of halogens is 1. The Bertz CT molecular complexity index is 46.5. The highest BCUT2D eigenvalue weighted by Crippen LogP contribution is 2.03. The van der Waals surface area contributed by atoms with Crippen LogP contribution in [0.2, 0.25) is 0 Å². The topological polar surface area (TPSA) is 12.0 Å². The highest BCUT2D eigenvalue weighted by molar-refractivity contribution is 5.85. The first kappa shape index (κ1) is 11.1. The molecule has 8 heavy (non-hydrogen) atoms. The second kappa shape index (κ2) is 4.16. The lowest BCUT2D eigenvalue weighted by Crippen LogP contribution is -2.34. The standard InChI is InChI=1S/C6H15N.ClH/c1-5-6(2,3)7-4;/h7H,5H2,1-4H3;1H. The van der Waals surface area contributed by atoms with Crippen LogP contribution >= 0.6 is 12.4 Å². The van der Waals surface area contributed by atoms with Crippen molar-refractivity contribution in [3.8, 4) is 0 Å². The Morgan fingerprint density at radius 3 is 1.75 bits per heavy atom. The van der Waals surface area contributed by atoms with E-state index in [1.54, 1.807) is 0 Å². The summed E-state index contributed by atoms with van der Waals surface area (Å²) in [5.41, 5.74) is 0.333. The molecule has 0 fully saturated rings. The Balaban J connectivity index is 0. The van der Waals surface area contributed by atoms with Gasteiger partial charge in [0.1, 0.15) is 0 Å². The second-order valence-corrected chi connectivity index (χ2v) is 2.49. The fraction of sp³-hybridized carbons (Fsp3) is 1.00. The molecule has 0 saturated carbocycles. The predicted octanol–water partition coefficient (Wildman–Crippen LogP) is 1.82. The maximum Gasteiger partial charge on any atom is 0.0119 e. The van der Waals surface area contributed by atoms with Crippen molar-refractivity contribution in [2.24, 2.45) is 0 Å². The Morgan fingerprint density at radius 1 is 1.38 bits per heavy atom. The van der Waals surface area contributed by atoms with E-state index < -0.39 is 0 Å². The maximum absolute atomic E-state index is 3.19. The summed E-state index contributed by atoms with van der Waals surface area (Å²) in [5, 5.41) is 3.19. The zero-order valence-electron chi connectivity index (χ0n) is 6.12. The molecule has 0 rings (SSSR count). The summed E-state index contributed by atoms with van der Waals surface area (Å²) in [6.45, 7) is 6.55. The molecule has 0 aliphatic heterocycles. The van der Waals surface area contributed by atoms with E-state index in [9.17, 15) is 0 Å². The van der Waals surface area contributed by atoms with Crippen molar-refractivity contribution in [3.05, 3.63) is 0 Å². The van der Waals surface area contributed by atoms with Gasteiger partial charge in [-0.3, -0.25) is 0 Å².